The highest BCUT2D eigenvalue weighted by atomic mass is 32.2. The van der Waals surface area contributed by atoms with Gasteiger partial charge in [0.05, 0.1) is 12.4 Å². The Morgan fingerprint density at radius 2 is 1.79 bits per heavy atom. The Hall–Kier alpha value is -1.94. The van der Waals surface area contributed by atoms with Gasteiger partial charge < -0.3 is 10.1 Å². The Kier molecular flexibility index (Phi) is 8.25. The van der Waals surface area contributed by atoms with Gasteiger partial charge in [-0.25, -0.2) is 0 Å². The van der Waals surface area contributed by atoms with Gasteiger partial charge in [-0.3, -0.25) is 4.79 Å². The molecule has 128 valence electrons. The molecule has 1 N–H and O–H groups in total. The Morgan fingerprint density at radius 1 is 1.04 bits per heavy atom. The number of hydrogen-bond acceptors (Lipinski definition) is 3. The SMILES string of the molecule is CCOc1ccc(CCCNC(=O)CSCc2ccccc2)cc1. The number of aryl methyl sites for hydroxylation is 1. The van der Waals surface area contributed by atoms with E-state index in [1.54, 1.807) is 11.8 Å². The van der Waals surface area contributed by atoms with E-state index in [4.69, 9.17) is 4.74 Å². The summed E-state index contributed by atoms with van der Waals surface area (Å²) < 4.78 is 5.43. The van der Waals surface area contributed by atoms with Crippen LogP contribution in [-0.4, -0.2) is 24.8 Å². The molecule has 2 aromatic rings. The van der Waals surface area contributed by atoms with E-state index in [0.717, 1.165) is 30.9 Å². The lowest BCUT2D eigenvalue weighted by Crippen LogP contribution is -2.26. The number of hydrogen-bond donors (Lipinski definition) is 1. The highest BCUT2D eigenvalue weighted by Crippen LogP contribution is 2.13. The van der Waals surface area contributed by atoms with E-state index in [0.29, 0.717) is 12.4 Å². The molecular weight excluding hydrogens is 318 g/mol. The summed E-state index contributed by atoms with van der Waals surface area (Å²) in [5, 5.41) is 2.99. The lowest BCUT2D eigenvalue weighted by molar-refractivity contribution is -0.118. The predicted molar refractivity (Wildman–Crippen MR) is 102 cm³/mol. The summed E-state index contributed by atoms with van der Waals surface area (Å²) in [6.45, 7) is 3.39. The second-order valence-electron chi connectivity index (χ2n) is 5.51. The Balaban J connectivity index is 1.55. The van der Waals surface area contributed by atoms with Gasteiger partial charge in [0, 0.05) is 12.3 Å². The molecular formula is C20H25NO2S. The smallest absolute Gasteiger partial charge is 0.230 e. The molecule has 0 bridgehead atoms. The Bertz CT molecular complexity index is 599. The maximum absolute atomic E-state index is 11.8. The molecule has 0 radical (unpaired) electrons. The second kappa shape index (κ2) is 10.8. The van der Waals surface area contributed by atoms with Crippen LogP contribution in [0.25, 0.3) is 0 Å². The molecule has 24 heavy (non-hydrogen) atoms. The zero-order valence-corrected chi connectivity index (χ0v) is 15.0. The van der Waals surface area contributed by atoms with E-state index in [1.807, 2.05) is 37.3 Å². The minimum atomic E-state index is 0.114. The summed E-state index contributed by atoms with van der Waals surface area (Å²) in [5.74, 6) is 2.41. The normalized spacial score (nSPS) is 10.4. The third-order valence-electron chi connectivity index (χ3n) is 3.54. The molecule has 0 aliphatic carbocycles. The van der Waals surface area contributed by atoms with Crippen LogP contribution in [0.4, 0.5) is 0 Å². The van der Waals surface area contributed by atoms with Gasteiger partial charge in [-0.05, 0) is 43.0 Å². The van der Waals surface area contributed by atoms with Crippen LogP contribution in [0.1, 0.15) is 24.5 Å². The van der Waals surface area contributed by atoms with Gasteiger partial charge in [-0.2, -0.15) is 0 Å². The molecule has 0 fully saturated rings. The largest absolute Gasteiger partial charge is 0.494 e. The molecule has 0 aliphatic rings. The number of amides is 1. The lowest BCUT2D eigenvalue weighted by Gasteiger charge is -2.07. The summed E-state index contributed by atoms with van der Waals surface area (Å²) in [7, 11) is 0. The number of carbonyl (C=O) groups is 1. The third-order valence-corrected chi connectivity index (χ3v) is 4.55. The molecule has 0 heterocycles. The van der Waals surface area contributed by atoms with Gasteiger partial charge >= 0.3 is 0 Å². The van der Waals surface area contributed by atoms with Crippen LogP contribution < -0.4 is 10.1 Å². The van der Waals surface area contributed by atoms with E-state index in [1.165, 1.54) is 11.1 Å². The van der Waals surface area contributed by atoms with E-state index < -0.39 is 0 Å². The van der Waals surface area contributed by atoms with E-state index >= 15 is 0 Å². The van der Waals surface area contributed by atoms with E-state index in [9.17, 15) is 4.79 Å². The van der Waals surface area contributed by atoms with Crippen molar-refractivity contribution in [2.24, 2.45) is 0 Å². The zero-order valence-electron chi connectivity index (χ0n) is 14.2. The molecule has 0 unspecified atom stereocenters. The van der Waals surface area contributed by atoms with Crippen molar-refractivity contribution in [2.45, 2.75) is 25.5 Å². The first kappa shape index (κ1) is 18.4. The molecule has 0 aliphatic heterocycles. The van der Waals surface area contributed by atoms with Crippen LogP contribution in [0.15, 0.2) is 54.6 Å². The fraction of sp³-hybridized carbons (Fsp3) is 0.350. The quantitative estimate of drug-likeness (QED) is 0.661. The second-order valence-corrected chi connectivity index (χ2v) is 6.49. The minimum Gasteiger partial charge on any atom is -0.494 e. The van der Waals surface area contributed by atoms with Gasteiger partial charge in [0.1, 0.15) is 5.75 Å². The standard InChI is InChI=1S/C20H25NO2S/c1-2-23-19-12-10-17(11-13-19)9-6-14-21-20(22)16-24-15-18-7-4-3-5-8-18/h3-5,7-8,10-13H,2,6,9,14-16H2,1H3,(H,21,22). The monoisotopic (exact) mass is 343 g/mol. The van der Waals surface area contributed by atoms with Crippen LogP contribution in [-0.2, 0) is 17.0 Å². The molecule has 0 saturated carbocycles. The highest BCUT2D eigenvalue weighted by molar-refractivity contribution is 7.99. The molecule has 0 atom stereocenters. The van der Waals surface area contributed by atoms with Crippen molar-refractivity contribution >= 4 is 17.7 Å². The first-order chi connectivity index (χ1) is 11.8. The maximum atomic E-state index is 11.8. The summed E-state index contributed by atoms with van der Waals surface area (Å²) in [6.07, 6.45) is 1.91. The zero-order chi connectivity index (χ0) is 17.0. The van der Waals surface area contributed by atoms with Crippen LogP contribution in [0.5, 0.6) is 5.75 Å². The average Bonchev–Trinajstić information content (AvgIpc) is 2.61. The number of benzene rings is 2. The summed E-state index contributed by atoms with van der Waals surface area (Å²) >= 11 is 1.65. The van der Waals surface area contributed by atoms with Crippen molar-refractivity contribution in [1.82, 2.24) is 5.32 Å². The van der Waals surface area contributed by atoms with E-state index in [2.05, 4.69) is 29.6 Å². The molecule has 1 amide bonds. The molecule has 2 rings (SSSR count). The van der Waals surface area contributed by atoms with Crippen LogP contribution in [0.3, 0.4) is 0 Å². The summed E-state index contributed by atoms with van der Waals surface area (Å²) in [5.41, 5.74) is 2.52. The number of carbonyl (C=O) groups excluding carboxylic acids is 1. The fourth-order valence-electron chi connectivity index (χ4n) is 2.33. The van der Waals surface area contributed by atoms with Crippen molar-refractivity contribution in [3.63, 3.8) is 0 Å². The average molecular weight is 343 g/mol. The molecule has 0 saturated heterocycles. The van der Waals surface area contributed by atoms with Crippen molar-refractivity contribution in [1.29, 1.82) is 0 Å². The number of rotatable bonds is 10. The summed E-state index contributed by atoms with van der Waals surface area (Å²) in [4.78, 5) is 11.8. The van der Waals surface area contributed by atoms with Gasteiger partial charge in [-0.1, -0.05) is 42.5 Å². The number of thioether (sulfide) groups is 1. The fourth-order valence-corrected chi connectivity index (χ4v) is 3.14. The first-order valence-corrected chi connectivity index (χ1v) is 9.53. The Labute approximate surface area is 148 Å². The van der Waals surface area contributed by atoms with Gasteiger partial charge in [0.2, 0.25) is 5.91 Å². The van der Waals surface area contributed by atoms with Gasteiger partial charge in [0.15, 0.2) is 0 Å². The molecule has 4 heteroatoms. The third kappa shape index (κ3) is 7.09. The maximum Gasteiger partial charge on any atom is 0.230 e. The highest BCUT2D eigenvalue weighted by Gasteiger charge is 2.02. The Morgan fingerprint density at radius 3 is 2.50 bits per heavy atom. The van der Waals surface area contributed by atoms with Crippen molar-refractivity contribution in [3.8, 4) is 5.75 Å². The first-order valence-electron chi connectivity index (χ1n) is 8.38. The lowest BCUT2D eigenvalue weighted by atomic mass is 10.1. The minimum absolute atomic E-state index is 0.114. The number of nitrogens with one attached hydrogen (secondary N) is 1. The molecule has 0 aromatic heterocycles. The van der Waals surface area contributed by atoms with Crippen LogP contribution >= 0.6 is 11.8 Å². The van der Waals surface area contributed by atoms with Crippen molar-refractivity contribution < 1.29 is 9.53 Å². The molecule has 2 aromatic carbocycles. The summed E-state index contributed by atoms with van der Waals surface area (Å²) in [6, 6.07) is 18.4. The van der Waals surface area contributed by atoms with Crippen LogP contribution in [0.2, 0.25) is 0 Å². The van der Waals surface area contributed by atoms with Gasteiger partial charge in [0.25, 0.3) is 0 Å². The number of ether oxygens (including phenoxy) is 1. The van der Waals surface area contributed by atoms with Crippen molar-refractivity contribution in [2.75, 3.05) is 18.9 Å². The predicted octanol–water partition coefficient (Wildman–Crippen LogP) is 4.07. The molecule has 0 spiro atoms. The van der Waals surface area contributed by atoms with Crippen molar-refractivity contribution in [3.05, 3.63) is 65.7 Å². The van der Waals surface area contributed by atoms with Crippen LogP contribution in [0, 0.1) is 0 Å². The topological polar surface area (TPSA) is 38.3 Å². The van der Waals surface area contributed by atoms with Gasteiger partial charge in [-0.15, -0.1) is 11.8 Å². The van der Waals surface area contributed by atoms with E-state index in [-0.39, 0.29) is 5.91 Å². The molecule has 3 nitrogen and oxygen atoms in total.